The molecule has 0 aliphatic carbocycles. The van der Waals surface area contributed by atoms with Gasteiger partial charge in [-0.1, -0.05) is 12.1 Å². The number of amides is 2. The zero-order valence-corrected chi connectivity index (χ0v) is 9.40. The Labute approximate surface area is 98.1 Å². The highest BCUT2D eigenvalue weighted by Gasteiger charge is 2.15. The molecule has 0 saturated heterocycles. The highest BCUT2D eigenvalue weighted by molar-refractivity contribution is 5.71. The van der Waals surface area contributed by atoms with Crippen LogP contribution in [0.5, 0.6) is 0 Å². The molecule has 0 bridgehead atoms. The normalized spacial score (nSPS) is 9.71. The number of carbonyl (C=O) groups excluding carboxylic acids is 1. The maximum Gasteiger partial charge on any atom is 0.312 e. The lowest BCUT2D eigenvalue weighted by Gasteiger charge is -2.08. The number of urea groups is 1. The molecule has 0 unspecified atom stereocenters. The molecule has 1 aromatic carbocycles. The number of nitrogens with zero attached hydrogens (tertiary/aromatic N) is 1. The van der Waals surface area contributed by atoms with Crippen LogP contribution < -0.4 is 16.4 Å². The Bertz CT molecular complexity index is 434. The van der Waals surface area contributed by atoms with Crippen molar-refractivity contribution < 1.29 is 9.72 Å². The predicted molar refractivity (Wildman–Crippen MR) is 63.9 cm³/mol. The van der Waals surface area contributed by atoms with Gasteiger partial charge in [-0.05, 0) is 13.0 Å². The van der Waals surface area contributed by atoms with E-state index in [-0.39, 0.29) is 5.69 Å². The maximum atomic E-state index is 10.9. The lowest BCUT2D eigenvalue weighted by atomic mass is 10.1. The van der Waals surface area contributed by atoms with E-state index in [0.717, 1.165) is 0 Å². The number of nitrogens with two attached hydrogens (primary N) is 1. The van der Waals surface area contributed by atoms with Gasteiger partial charge < -0.3 is 16.4 Å². The van der Waals surface area contributed by atoms with Gasteiger partial charge in [-0.2, -0.15) is 0 Å². The zero-order chi connectivity index (χ0) is 12.8. The number of rotatable bonds is 5. The van der Waals surface area contributed by atoms with Crippen molar-refractivity contribution in [1.82, 2.24) is 5.32 Å². The van der Waals surface area contributed by atoms with Crippen LogP contribution in [0.3, 0.4) is 0 Å². The number of aryl methyl sites for hydroxylation is 1. The molecule has 0 aliphatic heterocycles. The Balaban J connectivity index is 2.67. The van der Waals surface area contributed by atoms with E-state index >= 15 is 0 Å². The van der Waals surface area contributed by atoms with Crippen molar-refractivity contribution in [2.24, 2.45) is 5.73 Å². The third-order valence-electron chi connectivity index (χ3n) is 2.16. The zero-order valence-electron chi connectivity index (χ0n) is 9.40. The molecule has 2 amide bonds. The van der Waals surface area contributed by atoms with Crippen molar-refractivity contribution in [1.29, 1.82) is 0 Å². The number of anilines is 1. The molecule has 1 rings (SSSR count). The minimum absolute atomic E-state index is 0.0478. The number of hydrogen-bond donors (Lipinski definition) is 3. The van der Waals surface area contributed by atoms with Crippen molar-refractivity contribution >= 4 is 17.4 Å². The molecule has 0 aromatic heterocycles. The summed E-state index contributed by atoms with van der Waals surface area (Å²) in [5, 5.41) is 16.1. The SMILES string of the molecule is Cc1cccc(NCCNC(N)=O)c1[N+](=O)[O-]. The summed E-state index contributed by atoms with van der Waals surface area (Å²) in [4.78, 5) is 20.8. The lowest BCUT2D eigenvalue weighted by molar-refractivity contribution is -0.384. The minimum atomic E-state index is -0.620. The fourth-order valence-electron chi connectivity index (χ4n) is 1.43. The van der Waals surface area contributed by atoms with Crippen LogP contribution in [-0.2, 0) is 0 Å². The summed E-state index contributed by atoms with van der Waals surface area (Å²) in [5.41, 5.74) is 5.95. The van der Waals surface area contributed by atoms with E-state index in [0.29, 0.717) is 24.3 Å². The number of nitro benzene ring substituents is 1. The van der Waals surface area contributed by atoms with E-state index in [1.54, 1.807) is 25.1 Å². The van der Waals surface area contributed by atoms with Crippen LogP contribution in [-0.4, -0.2) is 24.0 Å². The molecular formula is C10H14N4O3. The number of hydrogen-bond acceptors (Lipinski definition) is 4. The molecule has 0 aliphatic rings. The van der Waals surface area contributed by atoms with Crippen molar-refractivity contribution in [3.63, 3.8) is 0 Å². The molecule has 0 heterocycles. The van der Waals surface area contributed by atoms with Gasteiger partial charge in [0.05, 0.1) is 4.92 Å². The maximum absolute atomic E-state index is 10.9. The lowest BCUT2D eigenvalue weighted by Crippen LogP contribution is -2.33. The van der Waals surface area contributed by atoms with Gasteiger partial charge in [0.15, 0.2) is 0 Å². The highest BCUT2D eigenvalue weighted by Crippen LogP contribution is 2.27. The van der Waals surface area contributed by atoms with E-state index in [1.165, 1.54) is 0 Å². The van der Waals surface area contributed by atoms with E-state index < -0.39 is 11.0 Å². The number of carbonyl (C=O) groups is 1. The summed E-state index contributed by atoms with van der Waals surface area (Å²) < 4.78 is 0. The molecular weight excluding hydrogens is 224 g/mol. The third kappa shape index (κ3) is 3.63. The minimum Gasteiger partial charge on any atom is -0.378 e. The molecule has 0 fully saturated rings. The number of primary amides is 1. The second-order valence-electron chi connectivity index (χ2n) is 3.45. The first-order valence-corrected chi connectivity index (χ1v) is 5.03. The van der Waals surface area contributed by atoms with Gasteiger partial charge in [0.25, 0.3) is 5.69 Å². The Kier molecular flexibility index (Phi) is 4.27. The summed E-state index contributed by atoms with van der Waals surface area (Å²) in [5.74, 6) is 0. The van der Waals surface area contributed by atoms with E-state index in [1.807, 2.05) is 0 Å². The van der Waals surface area contributed by atoms with Gasteiger partial charge in [-0.15, -0.1) is 0 Å². The number of nitro groups is 1. The van der Waals surface area contributed by atoms with Crippen molar-refractivity contribution in [3.8, 4) is 0 Å². The first kappa shape index (κ1) is 12.8. The fraction of sp³-hybridized carbons (Fsp3) is 0.300. The molecule has 17 heavy (non-hydrogen) atoms. The number of benzene rings is 1. The van der Waals surface area contributed by atoms with E-state index in [9.17, 15) is 14.9 Å². The Morgan fingerprint density at radius 1 is 1.47 bits per heavy atom. The standard InChI is InChI=1S/C10H14N4O3/c1-7-3-2-4-8(9(7)14(16)17)12-5-6-13-10(11)15/h2-4,12H,5-6H2,1H3,(H3,11,13,15). The summed E-state index contributed by atoms with van der Waals surface area (Å²) >= 11 is 0. The Morgan fingerprint density at radius 3 is 2.76 bits per heavy atom. The van der Waals surface area contributed by atoms with Gasteiger partial charge in [-0.25, -0.2) is 4.79 Å². The van der Waals surface area contributed by atoms with Crippen LogP contribution in [0.1, 0.15) is 5.56 Å². The van der Waals surface area contributed by atoms with Crippen LogP contribution >= 0.6 is 0 Å². The van der Waals surface area contributed by atoms with Crippen LogP contribution in [0, 0.1) is 17.0 Å². The van der Waals surface area contributed by atoms with Crippen LogP contribution in [0.25, 0.3) is 0 Å². The molecule has 0 saturated carbocycles. The van der Waals surface area contributed by atoms with Gasteiger partial charge in [0.2, 0.25) is 0 Å². The monoisotopic (exact) mass is 238 g/mol. The largest absolute Gasteiger partial charge is 0.378 e. The second-order valence-corrected chi connectivity index (χ2v) is 3.45. The Morgan fingerprint density at radius 2 is 2.18 bits per heavy atom. The number of nitrogens with one attached hydrogen (secondary N) is 2. The average Bonchev–Trinajstić information content (AvgIpc) is 2.23. The van der Waals surface area contributed by atoms with Crippen LogP contribution in [0.2, 0.25) is 0 Å². The van der Waals surface area contributed by atoms with E-state index in [2.05, 4.69) is 10.6 Å². The smallest absolute Gasteiger partial charge is 0.312 e. The first-order valence-electron chi connectivity index (χ1n) is 5.03. The van der Waals surface area contributed by atoms with Crippen LogP contribution in [0.4, 0.5) is 16.2 Å². The molecule has 4 N–H and O–H groups in total. The molecule has 92 valence electrons. The molecule has 7 heteroatoms. The molecule has 7 nitrogen and oxygen atoms in total. The van der Waals surface area contributed by atoms with Crippen molar-refractivity contribution in [2.45, 2.75) is 6.92 Å². The Hall–Kier alpha value is -2.31. The average molecular weight is 238 g/mol. The first-order chi connectivity index (χ1) is 8.02. The van der Waals surface area contributed by atoms with Gasteiger partial charge in [0.1, 0.15) is 5.69 Å². The summed E-state index contributed by atoms with van der Waals surface area (Å²) in [6, 6.07) is 4.40. The fourth-order valence-corrected chi connectivity index (χ4v) is 1.43. The van der Waals surface area contributed by atoms with Gasteiger partial charge in [-0.3, -0.25) is 10.1 Å². The van der Waals surface area contributed by atoms with E-state index in [4.69, 9.17) is 5.73 Å². The predicted octanol–water partition coefficient (Wildman–Crippen LogP) is 0.983. The summed E-state index contributed by atoms with van der Waals surface area (Å²) in [6.45, 7) is 2.35. The molecule has 0 atom stereocenters. The van der Waals surface area contributed by atoms with Crippen molar-refractivity contribution in [3.05, 3.63) is 33.9 Å². The molecule has 0 radical (unpaired) electrons. The van der Waals surface area contributed by atoms with Gasteiger partial charge >= 0.3 is 6.03 Å². The third-order valence-corrected chi connectivity index (χ3v) is 2.16. The highest BCUT2D eigenvalue weighted by atomic mass is 16.6. The quantitative estimate of drug-likeness (QED) is 0.403. The van der Waals surface area contributed by atoms with Crippen LogP contribution in [0.15, 0.2) is 18.2 Å². The molecule has 0 spiro atoms. The molecule has 1 aromatic rings. The number of para-hydroxylation sites is 1. The second kappa shape index (κ2) is 5.69. The summed E-state index contributed by atoms with van der Waals surface area (Å²) in [6.07, 6.45) is 0. The van der Waals surface area contributed by atoms with Crippen molar-refractivity contribution in [2.75, 3.05) is 18.4 Å². The summed E-state index contributed by atoms with van der Waals surface area (Å²) in [7, 11) is 0. The topological polar surface area (TPSA) is 110 Å². The van der Waals surface area contributed by atoms with Gasteiger partial charge in [0, 0.05) is 18.7 Å².